The van der Waals surface area contributed by atoms with Crippen molar-refractivity contribution < 1.29 is 14.7 Å². The number of hydrogen-bond donors (Lipinski definition) is 2. The lowest BCUT2D eigenvalue weighted by molar-refractivity contribution is -0.137. The van der Waals surface area contributed by atoms with Crippen molar-refractivity contribution in [2.24, 2.45) is 5.92 Å². The number of carbonyl (C=O) groups is 2. The molecule has 134 valence electrons. The first-order valence-corrected chi connectivity index (χ1v) is 8.41. The number of carbonyl (C=O) groups excluding carboxylic acids is 1. The summed E-state index contributed by atoms with van der Waals surface area (Å²) in [4.78, 5) is 40.3. The molecule has 0 bridgehead atoms. The Hall–Kier alpha value is -2.70. The van der Waals surface area contributed by atoms with Gasteiger partial charge in [-0.15, -0.1) is 0 Å². The van der Waals surface area contributed by atoms with Crippen molar-refractivity contribution in [3.63, 3.8) is 0 Å². The number of aromatic nitrogens is 2. The minimum absolute atomic E-state index is 0.00818. The highest BCUT2D eigenvalue weighted by Gasteiger charge is 2.27. The van der Waals surface area contributed by atoms with Gasteiger partial charge in [-0.25, -0.2) is 4.98 Å². The second kappa shape index (κ2) is 8.41. The van der Waals surface area contributed by atoms with Crippen LogP contribution >= 0.6 is 0 Å². The van der Waals surface area contributed by atoms with Crippen molar-refractivity contribution >= 4 is 22.8 Å². The number of rotatable bonds is 8. The maximum absolute atomic E-state index is 12.8. The van der Waals surface area contributed by atoms with Crippen LogP contribution in [0.5, 0.6) is 0 Å². The molecule has 0 fully saturated rings. The number of benzene rings is 1. The quantitative estimate of drug-likeness (QED) is 0.712. The highest BCUT2D eigenvalue weighted by molar-refractivity contribution is 5.82. The zero-order valence-corrected chi connectivity index (χ0v) is 14.4. The standard InChI is InChI=1S/C18H23N3O4/c1-3-12(2)16(17(24)19-10-6-9-15(22)23)21-11-20-14-8-5-4-7-13(14)18(21)25/h4-5,7-8,11-12,16H,3,6,9-10H2,1-2H3,(H,19,24)(H,22,23)/t12-,16-/m0/s1. The number of nitrogens with one attached hydrogen (secondary N) is 1. The van der Waals surface area contributed by atoms with Crippen LogP contribution in [0.1, 0.15) is 39.2 Å². The Morgan fingerprint density at radius 3 is 2.72 bits per heavy atom. The molecule has 2 aromatic rings. The van der Waals surface area contributed by atoms with E-state index < -0.39 is 12.0 Å². The van der Waals surface area contributed by atoms with Gasteiger partial charge in [-0.05, 0) is 24.5 Å². The van der Waals surface area contributed by atoms with E-state index in [0.29, 0.717) is 23.7 Å². The number of hydrogen-bond acceptors (Lipinski definition) is 4. The molecule has 2 N–H and O–H groups in total. The second-order valence-electron chi connectivity index (χ2n) is 6.09. The number of carboxylic acids is 1. The average molecular weight is 345 g/mol. The van der Waals surface area contributed by atoms with Crippen LogP contribution in [0.4, 0.5) is 0 Å². The summed E-state index contributed by atoms with van der Waals surface area (Å²) in [5, 5.41) is 11.9. The van der Waals surface area contributed by atoms with E-state index >= 15 is 0 Å². The number of aliphatic carboxylic acids is 1. The Balaban J connectivity index is 2.28. The molecule has 0 unspecified atom stereocenters. The summed E-state index contributed by atoms with van der Waals surface area (Å²) in [5.41, 5.74) is 0.338. The SMILES string of the molecule is CC[C@H](C)[C@@H](C(=O)NCCCC(=O)O)n1cnc2ccccc2c1=O. The molecule has 7 heteroatoms. The van der Waals surface area contributed by atoms with E-state index in [1.165, 1.54) is 10.9 Å². The monoisotopic (exact) mass is 345 g/mol. The van der Waals surface area contributed by atoms with Gasteiger partial charge in [0.05, 0.1) is 17.2 Å². The molecule has 0 aliphatic carbocycles. The number of carboxylic acid groups (broad SMARTS) is 1. The second-order valence-corrected chi connectivity index (χ2v) is 6.09. The van der Waals surface area contributed by atoms with Gasteiger partial charge >= 0.3 is 5.97 Å². The molecule has 1 aromatic carbocycles. The fourth-order valence-corrected chi connectivity index (χ4v) is 2.72. The van der Waals surface area contributed by atoms with Crippen LogP contribution < -0.4 is 10.9 Å². The van der Waals surface area contributed by atoms with E-state index in [1.54, 1.807) is 24.3 Å². The molecule has 1 aromatic heterocycles. The van der Waals surface area contributed by atoms with Gasteiger partial charge in [-0.3, -0.25) is 19.0 Å². The van der Waals surface area contributed by atoms with E-state index in [2.05, 4.69) is 10.3 Å². The molecule has 0 saturated carbocycles. The number of fused-ring (bicyclic) bond motifs is 1. The Bertz CT molecular complexity index is 815. The van der Waals surface area contributed by atoms with Crippen molar-refractivity contribution in [3.8, 4) is 0 Å². The third-order valence-corrected chi connectivity index (χ3v) is 4.31. The Morgan fingerprint density at radius 1 is 1.32 bits per heavy atom. The fraction of sp³-hybridized carbons (Fsp3) is 0.444. The summed E-state index contributed by atoms with van der Waals surface area (Å²) in [5.74, 6) is -1.26. The lowest BCUT2D eigenvalue weighted by Crippen LogP contribution is -2.41. The first-order chi connectivity index (χ1) is 12.0. The summed E-state index contributed by atoms with van der Waals surface area (Å²) in [6.45, 7) is 4.12. The van der Waals surface area contributed by atoms with Crippen molar-refractivity contribution in [2.75, 3.05) is 6.54 Å². The number of nitrogens with zero attached hydrogens (tertiary/aromatic N) is 2. The van der Waals surface area contributed by atoms with Crippen LogP contribution in [-0.2, 0) is 9.59 Å². The lowest BCUT2D eigenvalue weighted by Gasteiger charge is -2.24. The zero-order chi connectivity index (χ0) is 18.4. The van der Waals surface area contributed by atoms with Crippen LogP contribution in [0.2, 0.25) is 0 Å². The van der Waals surface area contributed by atoms with Crippen LogP contribution in [-0.4, -0.2) is 33.1 Å². The van der Waals surface area contributed by atoms with E-state index in [1.807, 2.05) is 13.8 Å². The van der Waals surface area contributed by atoms with E-state index in [0.717, 1.165) is 0 Å². The summed E-state index contributed by atoms with van der Waals surface area (Å²) in [6, 6.07) is 6.34. The maximum atomic E-state index is 12.8. The largest absolute Gasteiger partial charge is 0.481 e. The van der Waals surface area contributed by atoms with Crippen LogP contribution in [0.3, 0.4) is 0 Å². The maximum Gasteiger partial charge on any atom is 0.303 e. The van der Waals surface area contributed by atoms with E-state index in [4.69, 9.17) is 5.11 Å². The Labute approximate surface area is 145 Å². The van der Waals surface area contributed by atoms with Gasteiger partial charge in [0, 0.05) is 13.0 Å². The predicted molar refractivity (Wildman–Crippen MR) is 94.4 cm³/mol. The molecular weight excluding hydrogens is 322 g/mol. The van der Waals surface area contributed by atoms with Gasteiger partial charge in [-0.1, -0.05) is 32.4 Å². The fourth-order valence-electron chi connectivity index (χ4n) is 2.72. The zero-order valence-electron chi connectivity index (χ0n) is 14.4. The summed E-state index contributed by atoms with van der Waals surface area (Å²) >= 11 is 0. The Kier molecular flexibility index (Phi) is 6.27. The molecule has 0 aliphatic rings. The highest BCUT2D eigenvalue weighted by Crippen LogP contribution is 2.20. The molecule has 1 heterocycles. The molecule has 25 heavy (non-hydrogen) atoms. The topological polar surface area (TPSA) is 101 Å². The van der Waals surface area contributed by atoms with Gasteiger partial charge in [0.2, 0.25) is 5.91 Å². The van der Waals surface area contributed by atoms with E-state index in [9.17, 15) is 14.4 Å². The smallest absolute Gasteiger partial charge is 0.303 e. The summed E-state index contributed by atoms with van der Waals surface area (Å²) < 4.78 is 1.38. The van der Waals surface area contributed by atoms with Gasteiger partial charge in [0.1, 0.15) is 6.04 Å². The van der Waals surface area contributed by atoms with Crippen LogP contribution in [0.15, 0.2) is 35.4 Å². The summed E-state index contributed by atoms with van der Waals surface area (Å²) in [6.07, 6.45) is 2.47. The number of para-hydroxylation sites is 1. The molecule has 0 radical (unpaired) electrons. The predicted octanol–water partition coefficient (Wildman–Crippen LogP) is 1.96. The van der Waals surface area contributed by atoms with Crippen molar-refractivity contribution in [3.05, 3.63) is 40.9 Å². The van der Waals surface area contributed by atoms with E-state index in [-0.39, 0.29) is 30.3 Å². The summed E-state index contributed by atoms with van der Waals surface area (Å²) in [7, 11) is 0. The third kappa shape index (κ3) is 4.43. The normalized spacial score (nSPS) is 13.4. The first-order valence-electron chi connectivity index (χ1n) is 8.41. The molecule has 0 saturated heterocycles. The van der Waals surface area contributed by atoms with Crippen LogP contribution in [0.25, 0.3) is 10.9 Å². The molecule has 2 atom stereocenters. The molecule has 7 nitrogen and oxygen atoms in total. The van der Waals surface area contributed by atoms with Crippen molar-refractivity contribution in [1.82, 2.24) is 14.9 Å². The molecule has 0 spiro atoms. The Morgan fingerprint density at radius 2 is 2.04 bits per heavy atom. The lowest BCUT2D eigenvalue weighted by atomic mass is 9.98. The van der Waals surface area contributed by atoms with Crippen LogP contribution in [0, 0.1) is 5.92 Å². The first kappa shape index (κ1) is 18.6. The van der Waals surface area contributed by atoms with Gasteiger partial charge in [-0.2, -0.15) is 0 Å². The highest BCUT2D eigenvalue weighted by atomic mass is 16.4. The van der Waals surface area contributed by atoms with Gasteiger partial charge < -0.3 is 10.4 Å². The van der Waals surface area contributed by atoms with Gasteiger partial charge in [0.15, 0.2) is 0 Å². The minimum Gasteiger partial charge on any atom is -0.481 e. The third-order valence-electron chi connectivity index (χ3n) is 4.31. The molecule has 0 aliphatic heterocycles. The average Bonchev–Trinajstić information content (AvgIpc) is 2.60. The van der Waals surface area contributed by atoms with Crippen molar-refractivity contribution in [2.45, 2.75) is 39.2 Å². The molecule has 2 rings (SSSR count). The van der Waals surface area contributed by atoms with Crippen molar-refractivity contribution in [1.29, 1.82) is 0 Å². The molecular formula is C18H23N3O4. The van der Waals surface area contributed by atoms with Gasteiger partial charge in [0.25, 0.3) is 5.56 Å². The molecule has 1 amide bonds. The number of amides is 1. The minimum atomic E-state index is -0.900.